The van der Waals surface area contributed by atoms with Gasteiger partial charge in [0.25, 0.3) is 10.0 Å². The Morgan fingerprint density at radius 2 is 1.72 bits per heavy atom. The van der Waals surface area contributed by atoms with Crippen molar-refractivity contribution in [1.29, 1.82) is 0 Å². The molecule has 0 atom stereocenters. The van der Waals surface area contributed by atoms with E-state index in [0.29, 0.717) is 5.69 Å². The van der Waals surface area contributed by atoms with Gasteiger partial charge in [-0.3, -0.25) is 4.72 Å². The number of sulfonamides is 1. The van der Waals surface area contributed by atoms with Gasteiger partial charge < -0.3 is 0 Å². The Labute approximate surface area is 115 Å². The summed E-state index contributed by atoms with van der Waals surface area (Å²) in [5.41, 5.74) is 1.35. The van der Waals surface area contributed by atoms with E-state index in [1.54, 1.807) is 48.5 Å². The van der Waals surface area contributed by atoms with Gasteiger partial charge in [-0.2, -0.15) is 0 Å². The zero-order chi connectivity index (χ0) is 13.2. The number of rotatable bonds is 3. The largest absolute Gasteiger partial charge is 0.280 e. The molecule has 0 fully saturated rings. The van der Waals surface area contributed by atoms with Gasteiger partial charge in [-0.15, -0.1) is 0 Å². The highest BCUT2D eigenvalue weighted by Gasteiger charge is 2.13. The standard InChI is InChI=1S/C13H11BrNO2S/c1-10-5-7-12(8-6-10)15-18(16,17)13-4-2-3-11(14)9-13/h2-9,15H,1H2. The van der Waals surface area contributed by atoms with Crippen molar-refractivity contribution >= 4 is 31.6 Å². The van der Waals surface area contributed by atoms with Crippen molar-refractivity contribution in [2.75, 3.05) is 4.72 Å². The van der Waals surface area contributed by atoms with Crippen molar-refractivity contribution in [3.8, 4) is 0 Å². The Hall–Kier alpha value is -1.33. The molecule has 2 rings (SSSR count). The van der Waals surface area contributed by atoms with Gasteiger partial charge in [0.1, 0.15) is 0 Å². The van der Waals surface area contributed by atoms with Gasteiger partial charge in [0, 0.05) is 10.2 Å². The number of benzene rings is 2. The topological polar surface area (TPSA) is 46.2 Å². The lowest BCUT2D eigenvalue weighted by molar-refractivity contribution is 0.601. The summed E-state index contributed by atoms with van der Waals surface area (Å²) in [6.07, 6.45) is 0. The van der Waals surface area contributed by atoms with E-state index in [4.69, 9.17) is 0 Å². The first kappa shape index (κ1) is 13.1. The van der Waals surface area contributed by atoms with Gasteiger partial charge in [-0.05, 0) is 42.8 Å². The summed E-state index contributed by atoms with van der Waals surface area (Å²) in [4.78, 5) is 0.218. The highest BCUT2D eigenvalue weighted by atomic mass is 79.9. The Balaban J connectivity index is 2.30. The van der Waals surface area contributed by atoms with Gasteiger partial charge in [0.05, 0.1) is 4.90 Å². The molecule has 1 N–H and O–H groups in total. The van der Waals surface area contributed by atoms with E-state index in [0.717, 1.165) is 10.0 Å². The van der Waals surface area contributed by atoms with Gasteiger partial charge in [0.15, 0.2) is 0 Å². The first-order valence-corrected chi connectivity index (χ1v) is 7.45. The van der Waals surface area contributed by atoms with Gasteiger partial charge >= 0.3 is 0 Å². The second kappa shape index (κ2) is 5.12. The average Bonchev–Trinajstić information content (AvgIpc) is 2.32. The van der Waals surface area contributed by atoms with Crippen molar-refractivity contribution < 1.29 is 8.42 Å². The maximum Gasteiger partial charge on any atom is 0.261 e. The molecule has 0 aliphatic carbocycles. The van der Waals surface area contributed by atoms with E-state index >= 15 is 0 Å². The highest BCUT2D eigenvalue weighted by Crippen LogP contribution is 2.19. The van der Waals surface area contributed by atoms with Crippen LogP contribution in [0.3, 0.4) is 0 Å². The Bertz CT molecular complexity index is 651. The lowest BCUT2D eigenvalue weighted by Crippen LogP contribution is -2.12. The minimum atomic E-state index is -3.55. The summed E-state index contributed by atoms with van der Waals surface area (Å²) in [5, 5.41) is 0. The third-order valence-electron chi connectivity index (χ3n) is 2.31. The minimum absolute atomic E-state index is 0.218. The molecule has 1 radical (unpaired) electrons. The fourth-order valence-electron chi connectivity index (χ4n) is 1.42. The van der Waals surface area contributed by atoms with Crippen LogP contribution in [-0.4, -0.2) is 8.42 Å². The molecule has 0 bridgehead atoms. The van der Waals surface area contributed by atoms with Crippen LogP contribution in [0.1, 0.15) is 5.56 Å². The molecule has 18 heavy (non-hydrogen) atoms. The summed E-state index contributed by atoms with van der Waals surface area (Å²) < 4.78 is 27.4. The smallest absolute Gasteiger partial charge is 0.261 e. The van der Waals surface area contributed by atoms with Crippen molar-refractivity contribution in [3.05, 3.63) is 65.5 Å². The zero-order valence-electron chi connectivity index (χ0n) is 9.43. The van der Waals surface area contributed by atoms with Crippen LogP contribution >= 0.6 is 15.9 Å². The van der Waals surface area contributed by atoms with E-state index in [9.17, 15) is 8.42 Å². The van der Waals surface area contributed by atoms with Crippen LogP contribution in [-0.2, 0) is 10.0 Å². The third kappa shape index (κ3) is 3.11. The van der Waals surface area contributed by atoms with Crippen LogP contribution < -0.4 is 4.72 Å². The summed E-state index contributed by atoms with van der Waals surface area (Å²) in [5.74, 6) is 0. The summed E-state index contributed by atoms with van der Waals surface area (Å²) in [6.45, 7) is 3.74. The number of halogens is 1. The number of hydrogen-bond acceptors (Lipinski definition) is 2. The maximum absolute atomic E-state index is 12.1. The predicted molar refractivity (Wildman–Crippen MR) is 75.9 cm³/mol. The number of hydrogen-bond donors (Lipinski definition) is 1. The molecule has 2 aromatic rings. The molecule has 0 spiro atoms. The third-order valence-corrected chi connectivity index (χ3v) is 4.18. The second-order valence-corrected chi connectivity index (χ2v) is 6.36. The normalized spacial score (nSPS) is 11.2. The average molecular weight is 325 g/mol. The monoisotopic (exact) mass is 324 g/mol. The molecule has 0 heterocycles. The van der Waals surface area contributed by atoms with E-state index < -0.39 is 10.0 Å². The Morgan fingerprint density at radius 1 is 1.06 bits per heavy atom. The lowest BCUT2D eigenvalue weighted by Gasteiger charge is -2.08. The summed E-state index contributed by atoms with van der Waals surface area (Å²) >= 11 is 3.25. The van der Waals surface area contributed by atoms with Gasteiger partial charge in [0.2, 0.25) is 0 Å². The molecule has 5 heteroatoms. The molecular formula is C13H11BrNO2S. The van der Waals surface area contributed by atoms with Crippen molar-refractivity contribution in [2.24, 2.45) is 0 Å². The van der Waals surface area contributed by atoms with Crippen molar-refractivity contribution in [3.63, 3.8) is 0 Å². The molecule has 0 saturated heterocycles. The molecule has 2 aromatic carbocycles. The molecule has 0 saturated carbocycles. The molecule has 0 amide bonds. The quantitative estimate of drug-likeness (QED) is 0.940. The Morgan fingerprint density at radius 3 is 2.33 bits per heavy atom. The fraction of sp³-hybridized carbons (Fsp3) is 0. The van der Waals surface area contributed by atoms with Crippen LogP contribution in [0.25, 0.3) is 0 Å². The van der Waals surface area contributed by atoms with E-state index in [2.05, 4.69) is 27.6 Å². The highest BCUT2D eigenvalue weighted by molar-refractivity contribution is 9.10. The molecule has 0 aliphatic rings. The van der Waals surface area contributed by atoms with E-state index in [1.165, 1.54) is 0 Å². The fourth-order valence-corrected chi connectivity index (χ4v) is 3.08. The molecule has 3 nitrogen and oxygen atoms in total. The SMILES string of the molecule is [CH2]c1ccc(NS(=O)(=O)c2cccc(Br)c2)cc1. The number of anilines is 1. The maximum atomic E-state index is 12.1. The predicted octanol–water partition coefficient (Wildman–Crippen LogP) is 3.43. The molecule has 0 aromatic heterocycles. The number of nitrogens with one attached hydrogen (secondary N) is 1. The molecule has 0 aliphatic heterocycles. The van der Waals surface area contributed by atoms with Crippen LogP contribution in [0.15, 0.2) is 57.9 Å². The van der Waals surface area contributed by atoms with Gasteiger partial charge in [-0.1, -0.05) is 34.1 Å². The van der Waals surface area contributed by atoms with E-state index in [1.807, 2.05) is 0 Å². The van der Waals surface area contributed by atoms with E-state index in [-0.39, 0.29) is 4.90 Å². The molecular weight excluding hydrogens is 314 g/mol. The molecule has 0 unspecified atom stereocenters. The lowest BCUT2D eigenvalue weighted by atomic mass is 10.2. The second-order valence-electron chi connectivity index (χ2n) is 3.76. The minimum Gasteiger partial charge on any atom is -0.280 e. The van der Waals surface area contributed by atoms with Gasteiger partial charge in [-0.25, -0.2) is 8.42 Å². The Kier molecular flexibility index (Phi) is 3.73. The molecule has 93 valence electrons. The van der Waals surface area contributed by atoms with Crippen LogP contribution in [0.4, 0.5) is 5.69 Å². The zero-order valence-corrected chi connectivity index (χ0v) is 11.8. The van der Waals surface area contributed by atoms with Crippen LogP contribution in [0.2, 0.25) is 0 Å². The summed E-state index contributed by atoms with van der Waals surface area (Å²) in [6, 6.07) is 13.4. The van der Waals surface area contributed by atoms with Crippen molar-refractivity contribution in [2.45, 2.75) is 4.90 Å². The van der Waals surface area contributed by atoms with Crippen molar-refractivity contribution in [1.82, 2.24) is 0 Å². The summed E-state index contributed by atoms with van der Waals surface area (Å²) in [7, 11) is -3.55. The first-order chi connectivity index (χ1) is 8.47. The first-order valence-electron chi connectivity index (χ1n) is 5.18. The van der Waals surface area contributed by atoms with Crippen LogP contribution in [0, 0.1) is 6.92 Å². The van der Waals surface area contributed by atoms with Crippen LogP contribution in [0.5, 0.6) is 0 Å².